The van der Waals surface area contributed by atoms with E-state index in [1.807, 2.05) is 0 Å². The maximum atomic E-state index is 12.9. The van der Waals surface area contributed by atoms with Crippen LogP contribution in [0.3, 0.4) is 0 Å². The first-order chi connectivity index (χ1) is 7.58. The Morgan fingerprint density at radius 3 is 2.88 bits per heavy atom. The van der Waals surface area contributed by atoms with Crippen LogP contribution in [0.5, 0.6) is 0 Å². The Morgan fingerprint density at radius 1 is 1.56 bits per heavy atom. The molecule has 1 atom stereocenters. The van der Waals surface area contributed by atoms with E-state index in [2.05, 4.69) is 0 Å². The Kier molecular flexibility index (Phi) is 2.74. The van der Waals surface area contributed by atoms with E-state index < -0.39 is 16.8 Å². The average Bonchev–Trinajstić information content (AvgIpc) is 2.64. The quantitative estimate of drug-likeness (QED) is 0.609. The number of nitro groups is 1. The normalized spacial score (nSPS) is 20.1. The third kappa shape index (κ3) is 1.96. The molecular weight excluding hydrogens is 215 g/mol. The summed E-state index contributed by atoms with van der Waals surface area (Å²) in [5.74, 6) is -0.629. The Balaban J connectivity index is 2.36. The van der Waals surface area contributed by atoms with Crippen molar-refractivity contribution < 1.29 is 14.4 Å². The van der Waals surface area contributed by atoms with Gasteiger partial charge in [-0.2, -0.15) is 0 Å². The predicted octanol–water partition coefficient (Wildman–Crippen LogP) is 1.30. The van der Waals surface area contributed by atoms with Crippen LogP contribution in [0, 0.1) is 15.9 Å². The van der Waals surface area contributed by atoms with Gasteiger partial charge in [-0.3, -0.25) is 10.1 Å². The lowest BCUT2D eigenvalue weighted by atomic mass is 10.2. The summed E-state index contributed by atoms with van der Waals surface area (Å²) in [5.41, 5.74) is 0.108. The third-order valence-corrected chi connectivity index (χ3v) is 2.64. The van der Waals surface area contributed by atoms with Gasteiger partial charge in [-0.05, 0) is 18.6 Å². The number of benzene rings is 1. The van der Waals surface area contributed by atoms with Crippen LogP contribution < -0.4 is 4.90 Å². The van der Waals surface area contributed by atoms with Crippen molar-refractivity contribution in [1.82, 2.24) is 0 Å². The third-order valence-electron chi connectivity index (χ3n) is 2.64. The lowest BCUT2D eigenvalue weighted by Gasteiger charge is -2.17. The second-order valence-electron chi connectivity index (χ2n) is 3.78. The largest absolute Gasteiger partial charge is 0.391 e. The number of nitro benzene ring substituents is 1. The molecule has 0 bridgehead atoms. The highest BCUT2D eigenvalue weighted by Gasteiger charge is 2.26. The van der Waals surface area contributed by atoms with Gasteiger partial charge in [-0.15, -0.1) is 0 Å². The second-order valence-corrected chi connectivity index (χ2v) is 3.78. The molecule has 1 heterocycles. The molecule has 0 radical (unpaired) electrons. The summed E-state index contributed by atoms with van der Waals surface area (Å²) in [5, 5.41) is 20.1. The molecule has 1 N–H and O–H groups in total. The summed E-state index contributed by atoms with van der Waals surface area (Å²) < 4.78 is 12.9. The molecular formula is C10H11FN2O3. The Morgan fingerprint density at radius 2 is 2.31 bits per heavy atom. The van der Waals surface area contributed by atoms with Crippen molar-refractivity contribution in [3.8, 4) is 0 Å². The minimum atomic E-state index is -0.629. The van der Waals surface area contributed by atoms with Crippen molar-refractivity contribution in [3.05, 3.63) is 34.1 Å². The van der Waals surface area contributed by atoms with E-state index in [0.29, 0.717) is 25.2 Å². The highest BCUT2D eigenvalue weighted by molar-refractivity contribution is 5.63. The Labute approximate surface area is 91.3 Å². The topological polar surface area (TPSA) is 66.6 Å². The molecule has 16 heavy (non-hydrogen) atoms. The summed E-state index contributed by atoms with van der Waals surface area (Å²) in [6, 6.07) is 3.47. The van der Waals surface area contributed by atoms with Gasteiger partial charge in [0.25, 0.3) is 5.69 Å². The van der Waals surface area contributed by atoms with Gasteiger partial charge in [0.15, 0.2) is 0 Å². The van der Waals surface area contributed by atoms with E-state index in [4.69, 9.17) is 0 Å². The molecule has 2 rings (SSSR count). The number of hydrogen-bond donors (Lipinski definition) is 1. The number of hydrogen-bond acceptors (Lipinski definition) is 4. The molecule has 0 aliphatic carbocycles. The van der Waals surface area contributed by atoms with Crippen LogP contribution in [-0.4, -0.2) is 29.2 Å². The maximum Gasteiger partial charge on any atom is 0.295 e. The van der Waals surface area contributed by atoms with Crippen LogP contribution in [0.15, 0.2) is 18.2 Å². The molecule has 0 aromatic heterocycles. The fraction of sp³-hybridized carbons (Fsp3) is 0.400. The molecule has 0 amide bonds. The standard InChI is InChI=1S/C10H11FN2O3/c11-7-1-2-9(10(5-7)13(15)16)12-4-3-8(14)6-12/h1-2,5,8,14H,3-4,6H2/t8-/m1/s1. The van der Waals surface area contributed by atoms with Gasteiger partial charge in [0, 0.05) is 13.1 Å². The van der Waals surface area contributed by atoms with Gasteiger partial charge in [0.05, 0.1) is 17.1 Å². The zero-order chi connectivity index (χ0) is 11.7. The summed E-state index contributed by atoms with van der Waals surface area (Å²) in [4.78, 5) is 11.9. The van der Waals surface area contributed by atoms with Crippen molar-refractivity contribution in [1.29, 1.82) is 0 Å². The molecule has 1 fully saturated rings. The monoisotopic (exact) mass is 226 g/mol. The van der Waals surface area contributed by atoms with Crippen LogP contribution in [0.1, 0.15) is 6.42 Å². The summed E-state index contributed by atoms with van der Waals surface area (Å²) in [6.45, 7) is 0.903. The van der Waals surface area contributed by atoms with Gasteiger partial charge in [-0.1, -0.05) is 0 Å². The maximum absolute atomic E-state index is 12.9. The van der Waals surface area contributed by atoms with E-state index in [0.717, 1.165) is 6.07 Å². The van der Waals surface area contributed by atoms with Crippen molar-refractivity contribution in [2.45, 2.75) is 12.5 Å². The number of aliphatic hydroxyl groups excluding tert-OH is 1. The van der Waals surface area contributed by atoms with Gasteiger partial charge in [-0.25, -0.2) is 4.39 Å². The summed E-state index contributed by atoms with van der Waals surface area (Å²) in [7, 11) is 0. The van der Waals surface area contributed by atoms with E-state index in [9.17, 15) is 19.6 Å². The molecule has 1 aliphatic rings. The highest BCUT2D eigenvalue weighted by Crippen LogP contribution is 2.31. The van der Waals surface area contributed by atoms with Crippen molar-refractivity contribution in [2.75, 3.05) is 18.0 Å². The molecule has 1 aromatic carbocycles. The van der Waals surface area contributed by atoms with Gasteiger partial charge in [0.1, 0.15) is 11.5 Å². The smallest absolute Gasteiger partial charge is 0.295 e. The minimum Gasteiger partial charge on any atom is -0.391 e. The first kappa shape index (κ1) is 10.8. The van der Waals surface area contributed by atoms with E-state index in [1.54, 1.807) is 4.90 Å². The Hall–Kier alpha value is -1.69. The molecule has 86 valence electrons. The molecule has 0 spiro atoms. The van der Waals surface area contributed by atoms with Crippen molar-refractivity contribution in [2.24, 2.45) is 0 Å². The molecule has 5 nitrogen and oxygen atoms in total. The molecule has 1 saturated heterocycles. The van der Waals surface area contributed by atoms with Crippen LogP contribution in [-0.2, 0) is 0 Å². The molecule has 1 aliphatic heterocycles. The number of nitrogens with zero attached hydrogens (tertiary/aromatic N) is 2. The molecule has 6 heteroatoms. The zero-order valence-corrected chi connectivity index (χ0v) is 8.47. The SMILES string of the molecule is O=[N+]([O-])c1cc(F)ccc1N1CC[C@@H](O)C1. The van der Waals surface area contributed by atoms with Crippen LogP contribution in [0.4, 0.5) is 15.8 Å². The molecule has 1 aromatic rings. The lowest BCUT2D eigenvalue weighted by molar-refractivity contribution is -0.384. The van der Waals surface area contributed by atoms with Gasteiger partial charge in [0.2, 0.25) is 0 Å². The average molecular weight is 226 g/mol. The van der Waals surface area contributed by atoms with E-state index >= 15 is 0 Å². The zero-order valence-electron chi connectivity index (χ0n) is 8.47. The summed E-state index contributed by atoms with van der Waals surface area (Å²) in [6.07, 6.45) is 0.110. The van der Waals surface area contributed by atoms with Crippen LogP contribution in [0.2, 0.25) is 0 Å². The van der Waals surface area contributed by atoms with Gasteiger partial charge >= 0.3 is 0 Å². The van der Waals surface area contributed by atoms with Crippen LogP contribution in [0.25, 0.3) is 0 Å². The predicted molar refractivity (Wildman–Crippen MR) is 55.9 cm³/mol. The second kappa shape index (κ2) is 4.05. The summed E-state index contributed by atoms with van der Waals surface area (Å²) >= 11 is 0. The van der Waals surface area contributed by atoms with Crippen molar-refractivity contribution >= 4 is 11.4 Å². The van der Waals surface area contributed by atoms with Gasteiger partial charge < -0.3 is 10.0 Å². The Bertz CT molecular complexity index is 425. The number of halogens is 1. The minimum absolute atomic E-state index is 0.255. The molecule has 0 saturated carbocycles. The van der Waals surface area contributed by atoms with Crippen molar-refractivity contribution in [3.63, 3.8) is 0 Å². The van der Waals surface area contributed by atoms with E-state index in [-0.39, 0.29) is 5.69 Å². The molecule has 0 unspecified atom stereocenters. The van der Waals surface area contributed by atoms with Crippen LogP contribution >= 0.6 is 0 Å². The number of anilines is 1. The lowest BCUT2D eigenvalue weighted by Crippen LogP contribution is -2.22. The first-order valence-electron chi connectivity index (χ1n) is 4.95. The first-order valence-corrected chi connectivity index (χ1v) is 4.95. The highest BCUT2D eigenvalue weighted by atomic mass is 19.1. The number of β-amino-alcohol motifs (C(OH)–C–C–N with tert-alkyl or cyclic N) is 1. The van der Waals surface area contributed by atoms with E-state index in [1.165, 1.54) is 12.1 Å². The number of aliphatic hydroxyl groups is 1. The number of rotatable bonds is 2. The fourth-order valence-electron chi connectivity index (χ4n) is 1.87. The fourth-order valence-corrected chi connectivity index (χ4v) is 1.87.